The second-order valence-electron chi connectivity index (χ2n) is 9.08. The lowest BCUT2D eigenvalue weighted by Gasteiger charge is -2.23. The minimum Gasteiger partial charge on any atom is -0.481 e. The van der Waals surface area contributed by atoms with Crippen molar-refractivity contribution in [2.75, 3.05) is 16.5 Å². The van der Waals surface area contributed by atoms with Gasteiger partial charge in [0.15, 0.2) is 0 Å². The zero-order valence-corrected chi connectivity index (χ0v) is 22.2. The fraction of sp³-hybridized carbons (Fsp3) is 0.214. The lowest BCUT2D eigenvalue weighted by Crippen LogP contribution is -2.37. The number of carbonyl (C=O) groups excluding carboxylic acids is 3. The van der Waals surface area contributed by atoms with Crippen LogP contribution >= 0.6 is 23.2 Å². The van der Waals surface area contributed by atoms with Gasteiger partial charge in [-0.15, -0.1) is 0 Å². The first-order valence-corrected chi connectivity index (χ1v) is 12.9. The van der Waals surface area contributed by atoms with Crippen LogP contribution in [0.3, 0.4) is 0 Å². The fourth-order valence-electron chi connectivity index (χ4n) is 4.40. The predicted molar refractivity (Wildman–Crippen MR) is 148 cm³/mol. The van der Waals surface area contributed by atoms with E-state index in [1.54, 1.807) is 36.4 Å². The van der Waals surface area contributed by atoms with E-state index in [1.807, 2.05) is 30.3 Å². The summed E-state index contributed by atoms with van der Waals surface area (Å²) in [6, 6.07) is 20.2. The van der Waals surface area contributed by atoms with Gasteiger partial charge >= 0.3 is 5.97 Å². The van der Waals surface area contributed by atoms with Crippen molar-refractivity contribution < 1.29 is 24.3 Å². The highest BCUT2D eigenvalue weighted by molar-refractivity contribution is 6.34. The lowest BCUT2D eigenvalue weighted by molar-refractivity contribution is -0.138. The first-order valence-electron chi connectivity index (χ1n) is 12.1. The zero-order valence-electron chi connectivity index (χ0n) is 20.7. The number of hydrogen-bond donors (Lipinski definition) is 3. The van der Waals surface area contributed by atoms with E-state index >= 15 is 0 Å². The first-order chi connectivity index (χ1) is 18.7. The van der Waals surface area contributed by atoms with Crippen molar-refractivity contribution >= 4 is 58.8 Å². The molecular formula is C28H26Cl2N4O5. The Morgan fingerprint density at radius 3 is 2.44 bits per heavy atom. The Bertz CT molecular complexity index is 1350. The Morgan fingerprint density at radius 1 is 1.05 bits per heavy atom. The van der Waals surface area contributed by atoms with Gasteiger partial charge in [-0.1, -0.05) is 59.6 Å². The van der Waals surface area contributed by atoms with Crippen molar-refractivity contribution in [3.8, 4) is 0 Å². The predicted octanol–water partition coefficient (Wildman–Crippen LogP) is 4.35. The SMILES string of the molecule is O=CN(NCc1ccccc1)c1cccc(N2CC(C(=O)NC(CC(=O)O)c3cc(Cl)cc(Cl)c3)CC2=O)c1. The van der Waals surface area contributed by atoms with Crippen LogP contribution in [0.25, 0.3) is 0 Å². The molecule has 0 aliphatic carbocycles. The number of nitrogens with zero attached hydrogens (tertiary/aromatic N) is 2. The summed E-state index contributed by atoms with van der Waals surface area (Å²) in [6.45, 7) is 0.521. The standard InChI is InChI=1S/C28H26Cl2N4O5/c29-21-9-19(10-22(30)12-21)25(14-27(37)38)32-28(39)20-11-26(36)33(16-20)23-7-4-8-24(13-23)34(17-35)31-15-18-5-2-1-3-6-18/h1-10,12-13,17,20,25,31H,11,14-16H2,(H,32,39)(H,37,38). The minimum atomic E-state index is -1.11. The van der Waals surface area contributed by atoms with Crippen molar-refractivity contribution in [3.63, 3.8) is 0 Å². The molecular weight excluding hydrogens is 543 g/mol. The summed E-state index contributed by atoms with van der Waals surface area (Å²) in [7, 11) is 0. The van der Waals surface area contributed by atoms with Crippen LogP contribution in [-0.4, -0.2) is 35.8 Å². The van der Waals surface area contributed by atoms with E-state index in [0.29, 0.717) is 39.9 Å². The summed E-state index contributed by atoms with van der Waals surface area (Å²) in [4.78, 5) is 50.8. The molecule has 2 atom stereocenters. The molecule has 0 spiro atoms. The van der Waals surface area contributed by atoms with Gasteiger partial charge in [0, 0.05) is 35.2 Å². The fourth-order valence-corrected chi connectivity index (χ4v) is 4.94. The Balaban J connectivity index is 1.45. The van der Waals surface area contributed by atoms with Crippen molar-refractivity contribution in [3.05, 3.63) is 94.0 Å². The summed E-state index contributed by atoms with van der Waals surface area (Å²) in [5, 5.41) is 14.1. The normalized spacial score (nSPS) is 15.6. The average Bonchev–Trinajstić information content (AvgIpc) is 3.30. The number of hydrogen-bond acceptors (Lipinski definition) is 5. The molecule has 4 rings (SSSR count). The highest BCUT2D eigenvalue weighted by Crippen LogP contribution is 2.30. The van der Waals surface area contributed by atoms with Gasteiger partial charge < -0.3 is 15.3 Å². The van der Waals surface area contributed by atoms with Gasteiger partial charge in [0.1, 0.15) is 0 Å². The van der Waals surface area contributed by atoms with Gasteiger partial charge in [-0.05, 0) is 47.5 Å². The van der Waals surface area contributed by atoms with Gasteiger partial charge in [0.2, 0.25) is 18.2 Å². The van der Waals surface area contributed by atoms with Crippen LogP contribution in [0.4, 0.5) is 11.4 Å². The maximum absolute atomic E-state index is 13.1. The number of carbonyl (C=O) groups is 4. The summed E-state index contributed by atoms with van der Waals surface area (Å²) >= 11 is 12.1. The minimum absolute atomic E-state index is 0.0458. The van der Waals surface area contributed by atoms with E-state index in [9.17, 15) is 24.3 Å². The largest absolute Gasteiger partial charge is 0.481 e. The van der Waals surface area contributed by atoms with Crippen LogP contribution in [0.5, 0.6) is 0 Å². The number of rotatable bonds is 11. The highest BCUT2D eigenvalue weighted by Gasteiger charge is 2.36. The molecule has 3 aromatic rings. The topological polar surface area (TPSA) is 119 Å². The van der Waals surface area contributed by atoms with E-state index < -0.39 is 23.8 Å². The van der Waals surface area contributed by atoms with Crippen LogP contribution in [0.15, 0.2) is 72.8 Å². The molecule has 39 heavy (non-hydrogen) atoms. The molecule has 1 saturated heterocycles. The van der Waals surface area contributed by atoms with Gasteiger partial charge in [-0.25, -0.2) is 10.4 Å². The van der Waals surface area contributed by atoms with Crippen molar-refractivity contribution in [2.24, 2.45) is 5.92 Å². The maximum Gasteiger partial charge on any atom is 0.305 e. The van der Waals surface area contributed by atoms with Crippen LogP contribution in [0, 0.1) is 5.92 Å². The Kier molecular flexibility index (Phi) is 9.19. The number of hydrazine groups is 1. The lowest BCUT2D eigenvalue weighted by atomic mass is 10.0. The van der Waals surface area contributed by atoms with E-state index in [2.05, 4.69) is 10.7 Å². The third-order valence-corrected chi connectivity index (χ3v) is 6.74. The molecule has 0 saturated carbocycles. The van der Waals surface area contributed by atoms with E-state index in [-0.39, 0.29) is 25.3 Å². The molecule has 3 amide bonds. The number of nitrogens with one attached hydrogen (secondary N) is 2. The molecule has 0 radical (unpaired) electrons. The van der Waals surface area contributed by atoms with Crippen LogP contribution in [0.1, 0.15) is 30.0 Å². The van der Waals surface area contributed by atoms with Gasteiger partial charge in [-0.2, -0.15) is 0 Å². The Hall–Kier alpha value is -3.92. The van der Waals surface area contributed by atoms with E-state index in [0.717, 1.165) is 5.56 Å². The molecule has 1 aliphatic heterocycles. The molecule has 3 N–H and O–H groups in total. The molecule has 1 aliphatic rings. The first kappa shape index (κ1) is 28.1. The van der Waals surface area contributed by atoms with Gasteiger partial charge in [0.05, 0.1) is 24.1 Å². The summed E-state index contributed by atoms with van der Waals surface area (Å²) in [5.74, 6) is -2.53. The van der Waals surface area contributed by atoms with Crippen LogP contribution in [0.2, 0.25) is 10.0 Å². The smallest absolute Gasteiger partial charge is 0.305 e. The summed E-state index contributed by atoms with van der Waals surface area (Å²) in [6.07, 6.45) is 0.219. The number of aliphatic carboxylic acids is 1. The van der Waals surface area contributed by atoms with Crippen molar-refractivity contribution in [1.82, 2.24) is 10.7 Å². The molecule has 0 bridgehead atoms. The number of carboxylic acids is 1. The van der Waals surface area contributed by atoms with Gasteiger partial charge in [0.25, 0.3) is 0 Å². The number of amides is 3. The third kappa shape index (κ3) is 7.35. The average molecular weight is 569 g/mol. The monoisotopic (exact) mass is 568 g/mol. The Morgan fingerprint density at radius 2 is 1.77 bits per heavy atom. The van der Waals surface area contributed by atoms with Crippen molar-refractivity contribution in [1.29, 1.82) is 0 Å². The maximum atomic E-state index is 13.1. The number of halogens is 2. The molecule has 2 unspecified atom stereocenters. The quantitative estimate of drug-likeness (QED) is 0.234. The van der Waals surface area contributed by atoms with Crippen molar-refractivity contribution in [2.45, 2.75) is 25.4 Å². The van der Waals surface area contributed by atoms with Crippen LogP contribution < -0.4 is 20.7 Å². The second kappa shape index (κ2) is 12.8. The molecule has 11 heteroatoms. The number of anilines is 2. The third-order valence-electron chi connectivity index (χ3n) is 6.30. The molecule has 0 aromatic heterocycles. The highest BCUT2D eigenvalue weighted by atomic mass is 35.5. The molecule has 9 nitrogen and oxygen atoms in total. The van der Waals surface area contributed by atoms with E-state index in [1.165, 1.54) is 16.0 Å². The Labute approximate surface area is 235 Å². The number of carboxylic acid groups (broad SMARTS) is 1. The summed E-state index contributed by atoms with van der Waals surface area (Å²) < 4.78 is 0. The second-order valence-corrected chi connectivity index (χ2v) is 9.96. The van der Waals surface area contributed by atoms with Gasteiger partial charge in [-0.3, -0.25) is 19.2 Å². The molecule has 3 aromatic carbocycles. The molecule has 1 heterocycles. The number of benzene rings is 3. The van der Waals surface area contributed by atoms with Crippen LogP contribution in [-0.2, 0) is 25.7 Å². The molecule has 1 fully saturated rings. The zero-order chi connectivity index (χ0) is 27.9. The van der Waals surface area contributed by atoms with E-state index in [4.69, 9.17) is 23.2 Å². The summed E-state index contributed by atoms with van der Waals surface area (Å²) in [5.41, 5.74) is 5.55. The molecule has 202 valence electrons.